The fraction of sp³-hybridized carbons (Fsp3) is 0. The molecule has 0 saturated carbocycles. The van der Waals surface area contributed by atoms with Crippen LogP contribution in [-0.2, 0) is 0 Å². The molecule has 9 aromatic carbocycles. The molecular formula is C46H28O. The minimum absolute atomic E-state index is 0.0601. The molecule has 0 aliphatic heterocycles. The number of rotatable bonds is 3. The van der Waals surface area contributed by atoms with Crippen molar-refractivity contribution < 1.29 is 16.8 Å². The maximum atomic E-state index is 9.24. The minimum Gasteiger partial charge on any atom is -0.456 e. The maximum absolute atomic E-state index is 9.24. The lowest BCUT2D eigenvalue weighted by molar-refractivity contribution is 0.669. The van der Waals surface area contributed by atoms with E-state index in [1.807, 2.05) is 42.5 Å². The number of benzene rings is 9. The maximum Gasteiger partial charge on any atom is 0.136 e. The second kappa shape index (κ2) is 10.2. The minimum atomic E-state index is -0.529. The number of hydrogen-bond acceptors (Lipinski definition) is 1. The summed E-state index contributed by atoms with van der Waals surface area (Å²) in [5.41, 5.74) is 4.76. The van der Waals surface area contributed by atoms with E-state index in [0.29, 0.717) is 5.56 Å². The molecular weight excluding hydrogens is 569 g/mol. The Morgan fingerprint density at radius 2 is 0.979 bits per heavy atom. The highest BCUT2D eigenvalue weighted by molar-refractivity contribution is 6.22. The van der Waals surface area contributed by atoms with Gasteiger partial charge in [0.05, 0.1) is 12.3 Å². The highest BCUT2D eigenvalue weighted by Gasteiger charge is 2.18. The van der Waals surface area contributed by atoms with Gasteiger partial charge >= 0.3 is 0 Å². The first-order valence-corrected chi connectivity index (χ1v) is 15.4. The summed E-state index contributed by atoms with van der Waals surface area (Å²) < 4.78 is 84.5. The molecule has 10 rings (SSSR count). The summed E-state index contributed by atoms with van der Waals surface area (Å²) in [6, 6.07) is 35.6. The van der Waals surface area contributed by atoms with Crippen LogP contribution in [-0.4, -0.2) is 0 Å². The fourth-order valence-electron chi connectivity index (χ4n) is 7.03. The topological polar surface area (TPSA) is 13.1 Å². The van der Waals surface area contributed by atoms with Crippen LogP contribution in [0.2, 0.25) is 0 Å². The molecule has 0 amide bonds. The van der Waals surface area contributed by atoms with E-state index in [0.717, 1.165) is 49.2 Å². The predicted molar refractivity (Wildman–Crippen MR) is 200 cm³/mol. The summed E-state index contributed by atoms with van der Waals surface area (Å²) in [7, 11) is 0. The average Bonchev–Trinajstić information content (AvgIpc) is 3.63. The average molecular weight is 606 g/mol. The van der Waals surface area contributed by atoms with Gasteiger partial charge < -0.3 is 4.42 Å². The van der Waals surface area contributed by atoms with Crippen LogP contribution in [0.25, 0.3) is 98.4 Å². The Morgan fingerprint density at radius 1 is 0.404 bits per heavy atom. The molecule has 0 bridgehead atoms. The Kier molecular flexibility index (Phi) is 4.05. The van der Waals surface area contributed by atoms with E-state index in [9.17, 15) is 1.37 Å². The van der Waals surface area contributed by atoms with Crippen molar-refractivity contribution >= 4 is 65.0 Å². The zero-order valence-corrected chi connectivity index (χ0v) is 24.9. The molecule has 1 nitrogen and oxygen atoms in total. The molecule has 0 N–H and O–H groups in total. The Balaban J connectivity index is 1.22. The van der Waals surface area contributed by atoms with Crippen LogP contribution in [0.1, 0.15) is 12.3 Å². The van der Waals surface area contributed by atoms with E-state index < -0.39 is 24.2 Å². The zero-order valence-electron chi connectivity index (χ0n) is 33.9. The number of hydrogen-bond donors (Lipinski definition) is 0. The molecule has 0 aliphatic carbocycles. The van der Waals surface area contributed by atoms with Gasteiger partial charge in [0.1, 0.15) is 11.2 Å². The van der Waals surface area contributed by atoms with Crippen LogP contribution >= 0.6 is 0 Å². The van der Waals surface area contributed by atoms with E-state index in [4.69, 9.17) is 15.4 Å². The van der Waals surface area contributed by atoms with Crippen LogP contribution in [0.15, 0.2) is 174 Å². The summed E-state index contributed by atoms with van der Waals surface area (Å²) in [6.45, 7) is 0. The van der Waals surface area contributed by atoms with E-state index in [1.165, 1.54) is 5.39 Å². The van der Waals surface area contributed by atoms with Crippen LogP contribution in [0.4, 0.5) is 0 Å². The largest absolute Gasteiger partial charge is 0.456 e. The Bertz CT molecular complexity index is 3290. The molecule has 0 unspecified atom stereocenters. The van der Waals surface area contributed by atoms with Crippen molar-refractivity contribution in [3.05, 3.63) is 170 Å². The third kappa shape index (κ3) is 4.03. The summed E-state index contributed by atoms with van der Waals surface area (Å²) in [5, 5.41) is 6.61. The monoisotopic (exact) mass is 605 g/mol. The highest BCUT2D eigenvalue weighted by Crippen LogP contribution is 2.45. The van der Waals surface area contributed by atoms with Crippen molar-refractivity contribution in [2.75, 3.05) is 0 Å². The van der Waals surface area contributed by atoms with Crippen molar-refractivity contribution in [3.8, 4) is 33.4 Å². The molecule has 1 heterocycles. The molecule has 0 fully saturated rings. The molecule has 47 heavy (non-hydrogen) atoms. The van der Waals surface area contributed by atoms with Gasteiger partial charge in [0.2, 0.25) is 0 Å². The molecule has 0 aliphatic rings. The van der Waals surface area contributed by atoms with E-state index in [-0.39, 0.29) is 68.5 Å². The summed E-state index contributed by atoms with van der Waals surface area (Å²) in [5.74, 6) is 0. The van der Waals surface area contributed by atoms with E-state index >= 15 is 0 Å². The van der Waals surface area contributed by atoms with Gasteiger partial charge in [0.25, 0.3) is 0 Å². The van der Waals surface area contributed by atoms with Gasteiger partial charge in [-0.3, -0.25) is 0 Å². The molecule has 218 valence electrons. The lowest BCUT2D eigenvalue weighted by atomic mass is 9.85. The number of furan rings is 1. The fourth-order valence-corrected chi connectivity index (χ4v) is 7.03. The van der Waals surface area contributed by atoms with Gasteiger partial charge in [-0.25, -0.2) is 0 Å². The third-order valence-electron chi connectivity index (χ3n) is 9.13. The van der Waals surface area contributed by atoms with Gasteiger partial charge in [-0.05, 0) is 101 Å². The summed E-state index contributed by atoms with van der Waals surface area (Å²) in [4.78, 5) is 0. The second-order valence-electron chi connectivity index (χ2n) is 11.7. The van der Waals surface area contributed by atoms with E-state index in [1.54, 1.807) is 0 Å². The normalized spacial score (nSPS) is 14.5. The standard InChI is InChI=1S/C46H28O/c1-2-11-32-26-35(25-20-29(32)10-1)45-39-16-7-5-14-37(39)44(38-15-6-8-17-40(38)45)31-23-21-30(22-24-31)36-18-9-19-42-46(36)41-27-33-12-3-4-13-34(33)28-43(41)47-42/h1-28H/i3D,4D,9D,12D,13D,18D,19D,27D,28D. The van der Waals surface area contributed by atoms with Gasteiger partial charge in [-0.2, -0.15) is 0 Å². The van der Waals surface area contributed by atoms with Crippen LogP contribution in [0.3, 0.4) is 0 Å². The van der Waals surface area contributed by atoms with Crippen molar-refractivity contribution in [1.82, 2.24) is 0 Å². The molecule has 1 heteroatoms. The highest BCUT2D eigenvalue weighted by atomic mass is 16.3. The first kappa shape index (κ1) is 18.7. The lowest BCUT2D eigenvalue weighted by Gasteiger charge is -2.18. The Hall–Kier alpha value is -6.18. The van der Waals surface area contributed by atoms with Crippen molar-refractivity contribution in [2.45, 2.75) is 0 Å². The van der Waals surface area contributed by atoms with Crippen molar-refractivity contribution in [2.24, 2.45) is 0 Å². The smallest absolute Gasteiger partial charge is 0.136 e. The quantitative estimate of drug-likeness (QED) is 0.183. The van der Waals surface area contributed by atoms with Crippen LogP contribution in [0.5, 0.6) is 0 Å². The zero-order chi connectivity index (χ0) is 38.7. The molecule has 0 radical (unpaired) electrons. The summed E-state index contributed by atoms with van der Waals surface area (Å²) in [6.07, 6.45) is 0. The molecule has 10 aromatic rings. The lowest BCUT2D eigenvalue weighted by Crippen LogP contribution is -1.91. The van der Waals surface area contributed by atoms with E-state index in [2.05, 4.69) is 72.8 Å². The van der Waals surface area contributed by atoms with Gasteiger partial charge in [0, 0.05) is 10.8 Å². The summed E-state index contributed by atoms with van der Waals surface area (Å²) >= 11 is 0. The first-order valence-electron chi connectivity index (χ1n) is 19.9. The van der Waals surface area contributed by atoms with Crippen molar-refractivity contribution in [3.63, 3.8) is 0 Å². The first-order chi connectivity index (χ1) is 27.1. The Labute approximate surface area is 284 Å². The molecule has 0 atom stereocenters. The van der Waals surface area contributed by atoms with Crippen LogP contribution in [0, 0.1) is 0 Å². The molecule has 0 spiro atoms. The SMILES string of the molecule is [2H]c1c([2H])c(-c2ccc(-c3c4ccccc4c(-c4ccc5ccccc5c4)c4ccccc34)cc2)c2c(oc3c([2H])c4c([2H])c([2H])c([2H])c([2H])c4c([2H])c32)c1[2H]. The van der Waals surface area contributed by atoms with Gasteiger partial charge in [-0.15, -0.1) is 0 Å². The third-order valence-corrected chi connectivity index (χ3v) is 9.13. The molecule has 1 aromatic heterocycles. The second-order valence-corrected chi connectivity index (χ2v) is 11.7. The Morgan fingerprint density at radius 3 is 1.68 bits per heavy atom. The number of fused-ring (bicyclic) bond motifs is 7. The van der Waals surface area contributed by atoms with Gasteiger partial charge in [0.15, 0.2) is 0 Å². The predicted octanol–water partition coefficient (Wildman–Crippen LogP) is 13.2. The van der Waals surface area contributed by atoms with Crippen LogP contribution < -0.4 is 0 Å². The van der Waals surface area contributed by atoms with Crippen molar-refractivity contribution in [1.29, 1.82) is 0 Å². The molecule has 0 saturated heterocycles. The van der Waals surface area contributed by atoms with Gasteiger partial charge in [-0.1, -0.05) is 145 Å².